The van der Waals surface area contributed by atoms with Crippen LogP contribution in [0.4, 0.5) is 27.1 Å². The van der Waals surface area contributed by atoms with E-state index in [0.717, 1.165) is 29.2 Å². The van der Waals surface area contributed by atoms with Gasteiger partial charge < -0.3 is 10.5 Å². The summed E-state index contributed by atoms with van der Waals surface area (Å²) < 4.78 is 69.7. The Morgan fingerprint density at radius 2 is 1.82 bits per heavy atom. The van der Waals surface area contributed by atoms with Gasteiger partial charge in [0.15, 0.2) is 5.13 Å². The van der Waals surface area contributed by atoms with Crippen LogP contribution >= 0.6 is 22.9 Å². The highest BCUT2D eigenvalue weighted by Gasteiger charge is 2.44. The molecule has 0 spiro atoms. The van der Waals surface area contributed by atoms with Gasteiger partial charge in [-0.1, -0.05) is 41.9 Å². The molecule has 2 N–H and O–H groups in total. The van der Waals surface area contributed by atoms with Gasteiger partial charge in [-0.2, -0.15) is 17.6 Å². The summed E-state index contributed by atoms with van der Waals surface area (Å²) >= 11 is 7.52. The standard InChI is InChI=1S/C21H15ClF5NO.C6H8N2S/c22-15-6-7-19(28-12-15)18(8-13-4-2-1-3-5-13)14-9-16(23)11-17(10-14)29-21(26,27)20(24)25;7-6-8-4-2-1-3-5(4)9-6/h1-7,9-12,18,20H,8H2;1-3H2,(H2,7,8)/t18-;/m0./s1. The zero-order valence-corrected chi connectivity index (χ0v) is 21.5. The highest BCUT2D eigenvalue weighted by molar-refractivity contribution is 7.15. The summed E-state index contributed by atoms with van der Waals surface area (Å²) in [7, 11) is 0. The number of nitrogen functional groups attached to an aromatic ring is 1. The van der Waals surface area contributed by atoms with E-state index in [1.807, 2.05) is 30.3 Å². The van der Waals surface area contributed by atoms with E-state index in [1.165, 1.54) is 29.6 Å². The zero-order valence-electron chi connectivity index (χ0n) is 19.9. The summed E-state index contributed by atoms with van der Waals surface area (Å²) in [6.45, 7) is 0. The number of thiazole rings is 1. The number of hydrogen-bond acceptors (Lipinski definition) is 5. The summed E-state index contributed by atoms with van der Waals surface area (Å²) in [5.41, 5.74) is 8.39. The highest BCUT2D eigenvalue weighted by atomic mass is 35.5. The van der Waals surface area contributed by atoms with Gasteiger partial charge >= 0.3 is 12.5 Å². The molecule has 0 aliphatic heterocycles. The molecule has 0 radical (unpaired) electrons. The number of anilines is 1. The van der Waals surface area contributed by atoms with Crippen molar-refractivity contribution in [2.24, 2.45) is 0 Å². The largest absolute Gasteiger partial charge is 0.461 e. The predicted octanol–water partition coefficient (Wildman–Crippen LogP) is 7.70. The summed E-state index contributed by atoms with van der Waals surface area (Å²) in [4.78, 5) is 9.85. The third-order valence-corrected chi connectivity index (χ3v) is 7.02. The molecule has 2 aromatic heterocycles. The van der Waals surface area contributed by atoms with Gasteiger partial charge in [-0.25, -0.2) is 9.37 Å². The Balaban J connectivity index is 0.000000311. The number of aryl methyl sites for hydroxylation is 2. The zero-order chi connectivity index (χ0) is 27.3. The molecular formula is C27H23ClF5N3OS. The van der Waals surface area contributed by atoms with Crippen molar-refractivity contribution in [3.8, 4) is 5.75 Å². The van der Waals surface area contributed by atoms with Gasteiger partial charge in [-0.3, -0.25) is 4.98 Å². The van der Waals surface area contributed by atoms with Gasteiger partial charge in [0.2, 0.25) is 0 Å². The van der Waals surface area contributed by atoms with Crippen LogP contribution in [0.1, 0.15) is 39.7 Å². The lowest BCUT2D eigenvalue weighted by atomic mass is 9.88. The first-order valence-corrected chi connectivity index (χ1v) is 12.8. The van der Waals surface area contributed by atoms with E-state index in [4.69, 9.17) is 17.3 Å². The fourth-order valence-electron chi connectivity index (χ4n) is 4.09. The number of fused-ring (bicyclic) bond motifs is 1. The lowest BCUT2D eigenvalue weighted by Gasteiger charge is -2.21. The quantitative estimate of drug-likeness (QED) is 0.232. The Hall–Kier alpha value is -3.24. The van der Waals surface area contributed by atoms with E-state index < -0.39 is 30.0 Å². The number of alkyl halides is 4. The summed E-state index contributed by atoms with van der Waals surface area (Å²) in [5.74, 6) is -2.14. The summed E-state index contributed by atoms with van der Waals surface area (Å²) in [6.07, 6.45) is -3.40. The first-order chi connectivity index (χ1) is 18.1. The molecule has 200 valence electrons. The molecule has 0 bridgehead atoms. The first kappa shape index (κ1) is 27.8. The van der Waals surface area contributed by atoms with Crippen LogP contribution < -0.4 is 10.5 Å². The number of hydrogen-bond donors (Lipinski definition) is 1. The number of benzene rings is 2. The third kappa shape index (κ3) is 7.20. The Labute approximate surface area is 225 Å². The van der Waals surface area contributed by atoms with E-state index in [0.29, 0.717) is 23.2 Å². The van der Waals surface area contributed by atoms with Crippen molar-refractivity contribution in [2.75, 3.05) is 5.73 Å². The van der Waals surface area contributed by atoms with Gasteiger partial charge in [0.05, 0.1) is 10.7 Å². The number of nitrogens with zero attached hydrogens (tertiary/aromatic N) is 2. The number of nitrogens with two attached hydrogens (primary N) is 1. The minimum atomic E-state index is -4.74. The SMILES string of the molecule is Fc1cc(OC(F)(F)C(F)F)cc([C@H](Cc2ccccc2)c2ccc(Cl)cn2)c1.Nc1nc2c(s1)CCC2. The molecule has 11 heteroatoms. The van der Waals surface area contributed by atoms with Crippen molar-refractivity contribution in [1.82, 2.24) is 9.97 Å². The maximum Gasteiger partial charge on any atom is 0.461 e. The molecule has 0 amide bonds. The Kier molecular flexibility index (Phi) is 8.83. The van der Waals surface area contributed by atoms with Crippen LogP contribution in [0.15, 0.2) is 66.9 Å². The van der Waals surface area contributed by atoms with Crippen LogP contribution in [0.25, 0.3) is 0 Å². The van der Waals surface area contributed by atoms with Crippen molar-refractivity contribution in [1.29, 1.82) is 0 Å². The van der Waals surface area contributed by atoms with Crippen LogP contribution in [0.5, 0.6) is 5.75 Å². The molecule has 0 saturated carbocycles. The minimum absolute atomic E-state index is 0.253. The number of rotatable bonds is 7. The van der Waals surface area contributed by atoms with E-state index in [2.05, 4.69) is 14.7 Å². The second kappa shape index (κ2) is 12.1. The average molecular weight is 568 g/mol. The Morgan fingerprint density at radius 3 is 2.47 bits per heavy atom. The van der Waals surface area contributed by atoms with Gasteiger partial charge in [0.25, 0.3) is 0 Å². The molecule has 4 aromatic rings. The highest BCUT2D eigenvalue weighted by Crippen LogP contribution is 2.34. The molecule has 1 atom stereocenters. The maximum atomic E-state index is 14.1. The predicted molar refractivity (Wildman–Crippen MR) is 138 cm³/mol. The van der Waals surface area contributed by atoms with Crippen LogP contribution in [-0.4, -0.2) is 22.5 Å². The van der Waals surface area contributed by atoms with Crippen LogP contribution in [0, 0.1) is 5.82 Å². The molecular weight excluding hydrogens is 545 g/mol. The molecule has 1 aliphatic carbocycles. The molecule has 0 saturated heterocycles. The van der Waals surface area contributed by atoms with Gasteiger partial charge in [0, 0.05) is 28.8 Å². The Bertz CT molecular complexity index is 1330. The molecule has 4 nitrogen and oxygen atoms in total. The second-order valence-electron chi connectivity index (χ2n) is 8.60. The molecule has 0 fully saturated rings. The van der Waals surface area contributed by atoms with Crippen molar-refractivity contribution < 1.29 is 26.7 Å². The minimum Gasteiger partial charge on any atom is -0.428 e. The van der Waals surface area contributed by atoms with Crippen molar-refractivity contribution in [2.45, 2.75) is 44.1 Å². The van der Waals surface area contributed by atoms with Crippen molar-refractivity contribution in [3.63, 3.8) is 0 Å². The van der Waals surface area contributed by atoms with Crippen LogP contribution in [0.2, 0.25) is 5.02 Å². The normalized spacial score (nSPS) is 13.6. The lowest BCUT2D eigenvalue weighted by Crippen LogP contribution is -2.33. The fourth-order valence-corrected chi connectivity index (χ4v) is 5.12. The molecule has 0 unspecified atom stereocenters. The Morgan fingerprint density at radius 1 is 1.05 bits per heavy atom. The molecule has 2 heterocycles. The summed E-state index contributed by atoms with van der Waals surface area (Å²) in [5, 5.41) is 1.13. The molecule has 38 heavy (non-hydrogen) atoms. The number of pyridine rings is 1. The molecule has 2 aromatic carbocycles. The van der Waals surface area contributed by atoms with Crippen LogP contribution in [0.3, 0.4) is 0 Å². The number of ether oxygens (including phenoxy) is 1. The van der Waals surface area contributed by atoms with Crippen LogP contribution in [-0.2, 0) is 19.3 Å². The van der Waals surface area contributed by atoms with Crippen molar-refractivity contribution in [3.05, 3.63) is 105 Å². The smallest absolute Gasteiger partial charge is 0.428 e. The lowest BCUT2D eigenvalue weighted by molar-refractivity contribution is -0.253. The monoisotopic (exact) mass is 567 g/mol. The van der Waals surface area contributed by atoms with E-state index >= 15 is 0 Å². The maximum absolute atomic E-state index is 14.1. The summed E-state index contributed by atoms with van der Waals surface area (Å²) in [6, 6.07) is 15.3. The van der Waals surface area contributed by atoms with E-state index in [9.17, 15) is 22.0 Å². The van der Waals surface area contributed by atoms with E-state index in [-0.39, 0.29) is 5.56 Å². The molecule has 5 rings (SSSR count). The van der Waals surface area contributed by atoms with Gasteiger partial charge in [-0.15, -0.1) is 11.3 Å². The van der Waals surface area contributed by atoms with Gasteiger partial charge in [0.1, 0.15) is 11.6 Å². The second-order valence-corrected chi connectivity index (χ2v) is 10.2. The topological polar surface area (TPSA) is 61.0 Å². The fraction of sp³-hybridized carbons (Fsp3) is 0.259. The average Bonchev–Trinajstić information content (AvgIpc) is 3.44. The van der Waals surface area contributed by atoms with Crippen molar-refractivity contribution >= 4 is 28.1 Å². The van der Waals surface area contributed by atoms with E-state index in [1.54, 1.807) is 23.5 Å². The number of aromatic nitrogens is 2. The first-order valence-electron chi connectivity index (χ1n) is 11.7. The molecule has 1 aliphatic rings. The third-order valence-electron chi connectivity index (χ3n) is 5.81. The van der Waals surface area contributed by atoms with Gasteiger partial charge in [-0.05, 0) is 61.1 Å². The number of halogens is 6.